The molecule has 6 heteroatoms. The Bertz CT molecular complexity index is 844. The molecular formula is C22H24N2O4. The van der Waals surface area contributed by atoms with Gasteiger partial charge >= 0.3 is 0 Å². The Labute approximate surface area is 164 Å². The van der Waals surface area contributed by atoms with Crippen LogP contribution < -0.4 is 15.4 Å². The second kappa shape index (κ2) is 9.71. The number of benzene rings is 2. The van der Waals surface area contributed by atoms with Crippen molar-refractivity contribution in [3.63, 3.8) is 0 Å². The molecule has 1 atom stereocenters. The second-order valence-corrected chi connectivity index (χ2v) is 6.47. The Kier molecular flexibility index (Phi) is 6.81. The van der Waals surface area contributed by atoms with Crippen LogP contribution in [0.1, 0.15) is 33.6 Å². The van der Waals surface area contributed by atoms with Gasteiger partial charge in [-0.1, -0.05) is 24.3 Å². The normalized spacial score (nSPS) is 15.6. The van der Waals surface area contributed by atoms with Gasteiger partial charge in [0, 0.05) is 18.7 Å². The Morgan fingerprint density at radius 1 is 1.18 bits per heavy atom. The van der Waals surface area contributed by atoms with Gasteiger partial charge in [-0.15, -0.1) is 6.58 Å². The fraction of sp³-hybridized carbons (Fsp3) is 0.273. The highest BCUT2D eigenvalue weighted by atomic mass is 16.5. The number of anilines is 1. The van der Waals surface area contributed by atoms with Crippen molar-refractivity contribution in [2.45, 2.75) is 18.9 Å². The van der Waals surface area contributed by atoms with Crippen molar-refractivity contribution in [3.8, 4) is 5.75 Å². The average molecular weight is 380 g/mol. The van der Waals surface area contributed by atoms with Gasteiger partial charge < -0.3 is 20.1 Å². The molecule has 1 heterocycles. The van der Waals surface area contributed by atoms with Crippen LogP contribution in [0.3, 0.4) is 0 Å². The monoisotopic (exact) mass is 380 g/mol. The molecule has 1 saturated heterocycles. The van der Waals surface area contributed by atoms with E-state index < -0.39 is 0 Å². The zero-order valence-corrected chi connectivity index (χ0v) is 15.6. The van der Waals surface area contributed by atoms with Gasteiger partial charge in [0.1, 0.15) is 12.4 Å². The molecule has 2 N–H and O–H groups in total. The third-order valence-corrected chi connectivity index (χ3v) is 4.38. The molecule has 0 aromatic heterocycles. The molecule has 3 rings (SSSR count). The Hall–Kier alpha value is -3.12. The molecule has 6 nitrogen and oxygen atoms in total. The minimum atomic E-state index is -0.313. The third kappa shape index (κ3) is 5.20. The number of nitrogens with one attached hydrogen (secondary N) is 2. The lowest BCUT2D eigenvalue weighted by Crippen LogP contribution is -2.25. The minimum absolute atomic E-state index is 0.110. The van der Waals surface area contributed by atoms with Gasteiger partial charge in [-0.3, -0.25) is 9.59 Å². The fourth-order valence-corrected chi connectivity index (χ4v) is 2.94. The molecule has 28 heavy (non-hydrogen) atoms. The first-order valence-corrected chi connectivity index (χ1v) is 9.31. The van der Waals surface area contributed by atoms with Crippen LogP contribution in [0.2, 0.25) is 0 Å². The molecule has 0 bridgehead atoms. The fourth-order valence-electron chi connectivity index (χ4n) is 2.94. The average Bonchev–Trinajstić information content (AvgIpc) is 3.25. The number of rotatable bonds is 8. The number of amides is 2. The predicted molar refractivity (Wildman–Crippen MR) is 108 cm³/mol. The van der Waals surface area contributed by atoms with Crippen molar-refractivity contribution >= 4 is 17.5 Å². The van der Waals surface area contributed by atoms with Crippen molar-refractivity contribution in [3.05, 3.63) is 72.3 Å². The molecule has 1 unspecified atom stereocenters. The highest BCUT2D eigenvalue weighted by molar-refractivity contribution is 6.09. The molecule has 0 radical (unpaired) electrons. The van der Waals surface area contributed by atoms with Gasteiger partial charge in [0.05, 0.1) is 17.4 Å². The molecule has 146 valence electrons. The van der Waals surface area contributed by atoms with Gasteiger partial charge in [0.15, 0.2) is 0 Å². The Morgan fingerprint density at radius 2 is 2.04 bits per heavy atom. The molecular weight excluding hydrogens is 356 g/mol. The number of hydrogen-bond donors (Lipinski definition) is 2. The molecule has 0 aliphatic carbocycles. The van der Waals surface area contributed by atoms with Crippen LogP contribution in [-0.4, -0.2) is 37.7 Å². The summed E-state index contributed by atoms with van der Waals surface area (Å²) in [6, 6.07) is 13.8. The molecule has 1 fully saturated rings. The van der Waals surface area contributed by atoms with Crippen molar-refractivity contribution in [2.24, 2.45) is 0 Å². The van der Waals surface area contributed by atoms with E-state index in [9.17, 15) is 9.59 Å². The largest absolute Gasteiger partial charge is 0.491 e. The van der Waals surface area contributed by atoms with E-state index in [-0.39, 0.29) is 17.9 Å². The topological polar surface area (TPSA) is 76.7 Å². The number of para-hydroxylation sites is 1. The van der Waals surface area contributed by atoms with Crippen molar-refractivity contribution in [1.82, 2.24) is 5.32 Å². The molecule has 1 aliphatic heterocycles. The van der Waals surface area contributed by atoms with E-state index in [4.69, 9.17) is 9.47 Å². The van der Waals surface area contributed by atoms with E-state index in [1.165, 1.54) is 0 Å². The number of hydrogen-bond acceptors (Lipinski definition) is 4. The summed E-state index contributed by atoms with van der Waals surface area (Å²) < 4.78 is 11.3. The predicted octanol–water partition coefficient (Wildman–Crippen LogP) is 3.41. The molecule has 2 amide bonds. The van der Waals surface area contributed by atoms with Crippen LogP contribution in [0.25, 0.3) is 0 Å². The third-order valence-electron chi connectivity index (χ3n) is 4.38. The van der Waals surface area contributed by atoms with Gasteiger partial charge in [0.25, 0.3) is 11.8 Å². The van der Waals surface area contributed by atoms with Crippen LogP contribution in [0.4, 0.5) is 5.69 Å². The lowest BCUT2D eigenvalue weighted by molar-refractivity contribution is 0.0679. The lowest BCUT2D eigenvalue weighted by atomic mass is 10.1. The maximum atomic E-state index is 12.7. The van der Waals surface area contributed by atoms with Gasteiger partial charge in [0.2, 0.25) is 0 Å². The Morgan fingerprint density at radius 3 is 2.82 bits per heavy atom. The van der Waals surface area contributed by atoms with Crippen LogP contribution in [-0.2, 0) is 4.74 Å². The summed E-state index contributed by atoms with van der Waals surface area (Å²) >= 11 is 0. The summed E-state index contributed by atoms with van der Waals surface area (Å²) in [5, 5.41) is 5.52. The van der Waals surface area contributed by atoms with E-state index in [1.54, 1.807) is 48.5 Å². The maximum absolute atomic E-state index is 12.7. The second-order valence-electron chi connectivity index (χ2n) is 6.47. The zero-order valence-electron chi connectivity index (χ0n) is 15.6. The molecule has 0 saturated carbocycles. The summed E-state index contributed by atoms with van der Waals surface area (Å²) in [5.74, 6) is 0.0242. The van der Waals surface area contributed by atoms with Crippen LogP contribution in [0.5, 0.6) is 5.75 Å². The lowest BCUT2D eigenvalue weighted by Gasteiger charge is -2.13. The van der Waals surface area contributed by atoms with Crippen LogP contribution in [0, 0.1) is 0 Å². The standard InChI is InChI=1S/C22H24N2O4/c1-2-12-23-22(26)19-10-3-4-11-20(19)24-21(25)16-7-5-8-17(14-16)28-15-18-9-6-13-27-18/h2-5,7-8,10-11,14,18H,1,6,9,12-13,15H2,(H,23,26)(H,24,25). The minimum Gasteiger partial charge on any atom is -0.491 e. The van der Waals surface area contributed by atoms with E-state index in [0.717, 1.165) is 19.4 Å². The van der Waals surface area contributed by atoms with E-state index in [2.05, 4.69) is 17.2 Å². The smallest absolute Gasteiger partial charge is 0.255 e. The van der Waals surface area contributed by atoms with E-state index in [1.807, 2.05) is 6.07 Å². The quantitative estimate of drug-likeness (QED) is 0.688. The van der Waals surface area contributed by atoms with Gasteiger partial charge in [-0.25, -0.2) is 0 Å². The van der Waals surface area contributed by atoms with Crippen molar-refractivity contribution < 1.29 is 19.1 Å². The first-order valence-electron chi connectivity index (χ1n) is 9.31. The number of carbonyl (C=O) groups is 2. The van der Waals surface area contributed by atoms with Crippen molar-refractivity contribution in [2.75, 3.05) is 25.1 Å². The first kappa shape index (κ1) is 19.6. The number of ether oxygens (including phenoxy) is 2. The van der Waals surface area contributed by atoms with Gasteiger partial charge in [-0.05, 0) is 43.2 Å². The van der Waals surface area contributed by atoms with E-state index in [0.29, 0.717) is 35.7 Å². The summed E-state index contributed by atoms with van der Waals surface area (Å²) in [6.45, 7) is 5.18. The van der Waals surface area contributed by atoms with Gasteiger partial charge in [-0.2, -0.15) is 0 Å². The molecule has 0 spiro atoms. The van der Waals surface area contributed by atoms with Crippen LogP contribution in [0.15, 0.2) is 61.2 Å². The highest BCUT2D eigenvalue weighted by Crippen LogP contribution is 2.20. The summed E-state index contributed by atoms with van der Waals surface area (Å²) in [6.07, 6.45) is 3.75. The maximum Gasteiger partial charge on any atom is 0.255 e. The van der Waals surface area contributed by atoms with Crippen molar-refractivity contribution in [1.29, 1.82) is 0 Å². The SMILES string of the molecule is C=CCNC(=O)c1ccccc1NC(=O)c1cccc(OCC2CCCO2)c1. The zero-order chi connectivity index (χ0) is 19.8. The number of carbonyl (C=O) groups excluding carboxylic acids is 2. The summed E-state index contributed by atoms with van der Waals surface area (Å²) in [7, 11) is 0. The van der Waals surface area contributed by atoms with E-state index >= 15 is 0 Å². The summed E-state index contributed by atoms with van der Waals surface area (Å²) in [5.41, 5.74) is 1.29. The molecule has 1 aliphatic rings. The molecule has 2 aromatic carbocycles. The molecule has 2 aromatic rings. The Balaban J connectivity index is 1.67. The summed E-state index contributed by atoms with van der Waals surface area (Å²) in [4.78, 5) is 24.9. The van der Waals surface area contributed by atoms with Crippen LogP contribution >= 0.6 is 0 Å². The highest BCUT2D eigenvalue weighted by Gasteiger charge is 2.17. The first-order chi connectivity index (χ1) is 13.7.